The lowest BCUT2D eigenvalue weighted by molar-refractivity contribution is -0.121. The van der Waals surface area contributed by atoms with Crippen LogP contribution in [0.15, 0.2) is 28.8 Å². The van der Waals surface area contributed by atoms with Gasteiger partial charge in [0.15, 0.2) is 0 Å². The lowest BCUT2D eigenvalue weighted by Gasteiger charge is -2.36. The van der Waals surface area contributed by atoms with Crippen molar-refractivity contribution in [1.82, 2.24) is 20.4 Å². The van der Waals surface area contributed by atoms with Gasteiger partial charge in [-0.2, -0.15) is 4.98 Å². The zero-order valence-corrected chi connectivity index (χ0v) is 19.9. The predicted octanol–water partition coefficient (Wildman–Crippen LogP) is 4.06. The first-order valence-electron chi connectivity index (χ1n) is 11.8. The van der Waals surface area contributed by atoms with E-state index in [1.807, 2.05) is 38.1 Å². The molecule has 1 amide bonds. The van der Waals surface area contributed by atoms with Crippen molar-refractivity contribution in [1.29, 1.82) is 0 Å². The minimum Gasteiger partial charge on any atom is -0.494 e. The number of aromatic nitrogens is 3. The highest BCUT2D eigenvalue weighted by atomic mass is 16.5. The number of ether oxygens (including phenoxy) is 1. The van der Waals surface area contributed by atoms with Gasteiger partial charge in [-0.3, -0.25) is 4.79 Å². The molecule has 2 aromatic heterocycles. The fraction of sp³-hybridized carbons (Fsp3) is 0.520. The van der Waals surface area contributed by atoms with Crippen molar-refractivity contribution in [3.8, 4) is 5.75 Å². The van der Waals surface area contributed by atoms with Crippen LogP contribution < -0.4 is 15.0 Å². The lowest BCUT2D eigenvalue weighted by atomic mass is 9.92. The highest BCUT2D eigenvalue weighted by Gasteiger charge is 2.27. The van der Waals surface area contributed by atoms with Gasteiger partial charge in [0.1, 0.15) is 22.8 Å². The summed E-state index contributed by atoms with van der Waals surface area (Å²) in [5, 5.41) is 7.96. The van der Waals surface area contributed by atoms with E-state index in [0.717, 1.165) is 41.3 Å². The Kier molecular flexibility index (Phi) is 7.11. The van der Waals surface area contributed by atoms with Crippen LogP contribution >= 0.6 is 0 Å². The molecule has 1 fully saturated rings. The van der Waals surface area contributed by atoms with Crippen molar-refractivity contribution in [3.05, 3.63) is 41.3 Å². The zero-order chi connectivity index (χ0) is 23.4. The van der Waals surface area contributed by atoms with E-state index < -0.39 is 0 Å². The Morgan fingerprint density at radius 2 is 1.91 bits per heavy atom. The maximum Gasteiger partial charge on any atom is 0.263 e. The van der Waals surface area contributed by atoms with E-state index >= 15 is 0 Å². The van der Waals surface area contributed by atoms with Crippen molar-refractivity contribution in [3.63, 3.8) is 0 Å². The molecule has 0 unspecified atom stereocenters. The summed E-state index contributed by atoms with van der Waals surface area (Å²) in [5.41, 5.74) is 2.32. The van der Waals surface area contributed by atoms with Crippen molar-refractivity contribution >= 4 is 22.8 Å². The molecule has 176 valence electrons. The highest BCUT2D eigenvalue weighted by Crippen LogP contribution is 2.32. The number of anilines is 1. The van der Waals surface area contributed by atoms with E-state index in [1.165, 1.54) is 6.42 Å². The van der Waals surface area contributed by atoms with Crippen LogP contribution in [0, 0.1) is 18.8 Å². The molecule has 0 radical (unpaired) electrons. The normalized spacial score (nSPS) is 18.5. The maximum atomic E-state index is 12.5. The highest BCUT2D eigenvalue weighted by molar-refractivity contribution is 5.88. The monoisotopic (exact) mass is 451 g/mol. The number of nitrogens with zero attached hydrogens (tertiary/aromatic N) is 4. The summed E-state index contributed by atoms with van der Waals surface area (Å²) < 4.78 is 10.9. The number of hydrogen-bond acceptors (Lipinski definition) is 7. The van der Waals surface area contributed by atoms with Crippen molar-refractivity contribution in [2.45, 2.75) is 53.5 Å². The number of rotatable bonds is 8. The summed E-state index contributed by atoms with van der Waals surface area (Å²) in [6.07, 6.45) is 1.97. The minimum absolute atomic E-state index is 0.0388. The van der Waals surface area contributed by atoms with Gasteiger partial charge in [0.25, 0.3) is 5.71 Å². The molecule has 0 saturated carbocycles. The van der Waals surface area contributed by atoms with Gasteiger partial charge in [-0.1, -0.05) is 31.1 Å². The Labute approximate surface area is 194 Å². The lowest BCUT2D eigenvalue weighted by Crippen LogP contribution is -2.39. The summed E-state index contributed by atoms with van der Waals surface area (Å²) in [4.78, 5) is 24.2. The SMILES string of the molecule is CCOc1ccc(CNC(=O)CCc2nc(N3C[C@H](C)C[C@@H](C)C3)c3c(C)noc3n2)cc1. The fourth-order valence-corrected chi connectivity index (χ4v) is 4.57. The van der Waals surface area contributed by atoms with Crippen molar-refractivity contribution < 1.29 is 14.1 Å². The molecular formula is C25H33N5O3. The van der Waals surface area contributed by atoms with Crippen LogP contribution in [0.1, 0.15) is 50.7 Å². The first kappa shape index (κ1) is 23.0. The summed E-state index contributed by atoms with van der Waals surface area (Å²) in [6, 6.07) is 7.75. The molecule has 1 N–H and O–H groups in total. The number of carbonyl (C=O) groups is 1. The number of aryl methyl sites for hydroxylation is 2. The largest absolute Gasteiger partial charge is 0.494 e. The molecule has 0 bridgehead atoms. The first-order chi connectivity index (χ1) is 15.9. The number of hydrogen-bond donors (Lipinski definition) is 1. The molecule has 3 aromatic rings. The molecular weight excluding hydrogens is 418 g/mol. The van der Waals surface area contributed by atoms with Crippen molar-refractivity contribution in [2.24, 2.45) is 11.8 Å². The number of benzene rings is 1. The Morgan fingerprint density at radius 3 is 2.61 bits per heavy atom. The molecule has 1 aliphatic rings. The molecule has 33 heavy (non-hydrogen) atoms. The maximum absolute atomic E-state index is 12.5. The summed E-state index contributed by atoms with van der Waals surface area (Å²) in [6.45, 7) is 11.4. The minimum atomic E-state index is -0.0388. The zero-order valence-electron chi connectivity index (χ0n) is 19.9. The van der Waals surface area contributed by atoms with Crippen molar-refractivity contribution in [2.75, 3.05) is 24.6 Å². The molecule has 0 spiro atoms. The molecule has 1 aromatic carbocycles. The number of fused-ring (bicyclic) bond motifs is 1. The van der Waals surface area contributed by atoms with Gasteiger partial charge in [-0.25, -0.2) is 4.98 Å². The van der Waals surface area contributed by atoms with Crippen LogP contribution in [0.25, 0.3) is 11.1 Å². The summed E-state index contributed by atoms with van der Waals surface area (Å²) in [5.74, 6) is 3.46. The van der Waals surface area contributed by atoms with Gasteiger partial charge in [0.05, 0.1) is 12.3 Å². The van der Waals surface area contributed by atoms with E-state index in [-0.39, 0.29) is 5.91 Å². The quantitative estimate of drug-likeness (QED) is 0.552. The number of nitrogens with one attached hydrogen (secondary N) is 1. The van der Waals surface area contributed by atoms with Gasteiger partial charge in [-0.05, 0) is 49.8 Å². The van der Waals surface area contributed by atoms with E-state index in [9.17, 15) is 4.79 Å². The van der Waals surface area contributed by atoms with E-state index in [0.29, 0.717) is 49.4 Å². The van der Waals surface area contributed by atoms with Crippen LogP contribution in [0.2, 0.25) is 0 Å². The van der Waals surface area contributed by atoms with E-state index in [2.05, 4.69) is 34.2 Å². The summed E-state index contributed by atoms with van der Waals surface area (Å²) >= 11 is 0. The fourth-order valence-electron chi connectivity index (χ4n) is 4.57. The van der Waals surface area contributed by atoms with E-state index in [4.69, 9.17) is 14.2 Å². The average molecular weight is 452 g/mol. The van der Waals surface area contributed by atoms with Crippen LogP contribution in [0.5, 0.6) is 5.75 Å². The third-order valence-electron chi connectivity index (χ3n) is 6.00. The second kappa shape index (κ2) is 10.2. The van der Waals surface area contributed by atoms with Crippen LogP contribution in [0.4, 0.5) is 5.82 Å². The molecule has 3 heterocycles. The Hall–Kier alpha value is -3.16. The second-order valence-corrected chi connectivity index (χ2v) is 9.12. The third kappa shape index (κ3) is 5.61. The van der Waals surface area contributed by atoms with Crippen LogP contribution in [0.3, 0.4) is 0 Å². The van der Waals surface area contributed by atoms with Gasteiger partial charge in [-0.15, -0.1) is 0 Å². The smallest absolute Gasteiger partial charge is 0.263 e. The topological polar surface area (TPSA) is 93.4 Å². The van der Waals surface area contributed by atoms with Gasteiger partial charge < -0.3 is 19.5 Å². The van der Waals surface area contributed by atoms with Gasteiger partial charge in [0, 0.05) is 32.5 Å². The number of carbonyl (C=O) groups excluding carboxylic acids is 1. The molecule has 0 aliphatic carbocycles. The number of amides is 1. The predicted molar refractivity (Wildman–Crippen MR) is 127 cm³/mol. The Balaban J connectivity index is 1.41. The molecule has 8 nitrogen and oxygen atoms in total. The van der Waals surface area contributed by atoms with Gasteiger partial charge in [0.2, 0.25) is 5.91 Å². The summed E-state index contributed by atoms with van der Waals surface area (Å²) in [7, 11) is 0. The van der Waals surface area contributed by atoms with Crippen LogP contribution in [-0.2, 0) is 17.8 Å². The Morgan fingerprint density at radius 1 is 1.18 bits per heavy atom. The standard InChI is InChI=1S/C25H33N5O3/c1-5-32-20-8-6-19(7-9-20)13-26-22(31)11-10-21-27-24(23-18(4)29-33-25(23)28-21)30-14-16(2)12-17(3)15-30/h6-9,16-17H,5,10-15H2,1-4H3,(H,26,31)/t16-,17-/m1/s1. The Bertz CT molecular complexity index is 1090. The number of piperidine rings is 1. The van der Waals surface area contributed by atoms with Crippen LogP contribution in [-0.4, -0.2) is 40.7 Å². The molecule has 1 aliphatic heterocycles. The molecule has 2 atom stereocenters. The van der Waals surface area contributed by atoms with Gasteiger partial charge >= 0.3 is 0 Å². The molecule has 8 heteroatoms. The average Bonchev–Trinajstić information content (AvgIpc) is 3.17. The van der Waals surface area contributed by atoms with E-state index in [1.54, 1.807) is 0 Å². The second-order valence-electron chi connectivity index (χ2n) is 9.12. The first-order valence-corrected chi connectivity index (χ1v) is 11.8. The third-order valence-corrected chi connectivity index (χ3v) is 6.00. The molecule has 4 rings (SSSR count). The molecule has 1 saturated heterocycles.